The molecule has 1 nitrogen and oxygen atoms in total. The number of fused-ring (bicyclic) bond motifs is 4. The molecule has 0 radical (unpaired) electrons. The van der Waals surface area contributed by atoms with E-state index in [1.54, 1.807) is 0 Å². The van der Waals surface area contributed by atoms with E-state index in [0.29, 0.717) is 0 Å². The molecule has 0 aliphatic heterocycles. The monoisotopic (exact) mass is 339 g/mol. The minimum absolute atomic E-state index is 0.752. The quantitative estimate of drug-likeness (QED) is 0.341. The van der Waals surface area contributed by atoms with E-state index in [-0.39, 0.29) is 0 Å². The topological polar surface area (TPSA) is 12.9 Å². The first-order valence-corrected chi connectivity index (χ1v) is 8.64. The average Bonchev–Trinajstić information content (AvgIpc) is 2.95. The molecule has 25 heavy (non-hydrogen) atoms. The van der Waals surface area contributed by atoms with Crippen LogP contribution in [0.25, 0.3) is 33.8 Å². The second kappa shape index (κ2) is 5.58. The lowest BCUT2D eigenvalue weighted by atomic mass is 10.0. The summed E-state index contributed by atoms with van der Waals surface area (Å²) in [5.74, 6) is 0. The van der Waals surface area contributed by atoms with Gasteiger partial charge in [0.15, 0.2) is 0 Å². The molecule has 0 amide bonds. The molecule has 5 rings (SSSR count). The van der Waals surface area contributed by atoms with Crippen LogP contribution in [-0.4, -0.2) is 4.98 Å². The predicted molar refractivity (Wildman–Crippen MR) is 106 cm³/mol. The van der Waals surface area contributed by atoms with Crippen LogP contribution in [0.4, 0.5) is 0 Å². The zero-order valence-corrected chi connectivity index (χ0v) is 14.2. The maximum atomic E-state index is 6.03. The number of nitrogens with zero attached hydrogens (tertiary/aromatic N) is 1. The van der Waals surface area contributed by atoms with E-state index >= 15 is 0 Å². The fourth-order valence-corrected chi connectivity index (χ4v) is 3.60. The number of aromatic nitrogens is 1. The summed E-state index contributed by atoms with van der Waals surface area (Å²) in [5.41, 5.74) is 8.06. The number of para-hydroxylation sites is 1. The summed E-state index contributed by atoms with van der Waals surface area (Å²) in [6, 6.07) is 26.9. The zero-order valence-electron chi connectivity index (χ0n) is 13.4. The van der Waals surface area contributed by atoms with Crippen molar-refractivity contribution < 1.29 is 0 Å². The van der Waals surface area contributed by atoms with Gasteiger partial charge in [0.1, 0.15) is 0 Å². The third-order valence-corrected chi connectivity index (χ3v) is 4.92. The van der Waals surface area contributed by atoms with Crippen molar-refractivity contribution >= 4 is 34.2 Å². The molecule has 2 heteroatoms. The number of benzene rings is 3. The van der Waals surface area contributed by atoms with E-state index in [1.807, 2.05) is 30.3 Å². The molecule has 1 heterocycles. The molecule has 0 saturated heterocycles. The van der Waals surface area contributed by atoms with Gasteiger partial charge in [-0.15, -0.1) is 0 Å². The van der Waals surface area contributed by atoms with Gasteiger partial charge < -0.3 is 0 Å². The summed E-state index contributed by atoms with van der Waals surface area (Å²) in [7, 11) is 0. The van der Waals surface area contributed by atoms with Gasteiger partial charge in [0, 0.05) is 21.5 Å². The van der Waals surface area contributed by atoms with Crippen LogP contribution in [0.3, 0.4) is 0 Å². The van der Waals surface area contributed by atoms with Crippen LogP contribution >= 0.6 is 11.6 Å². The molecule has 0 atom stereocenters. The second-order valence-corrected chi connectivity index (χ2v) is 6.67. The van der Waals surface area contributed by atoms with Crippen molar-refractivity contribution in [2.24, 2.45) is 0 Å². The first-order valence-electron chi connectivity index (χ1n) is 8.27. The lowest BCUT2D eigenvalue weighted by molar-refractivity contribution is 1.40. The molecule has 0 saturated carbocycles. The van der Waals surface area contributed by atoms with Gasteiger partial charge in [-0.2, -0.15) is 0 Å². The number of rotatable bonds is 1. The van der Waals surface area contributed by atoms with Gasteiger partial charge in [-0.05, 0) is 47.0 Å². The van der Waals surface area contributed by atoms with Crippen molar-refractivity contribution in [2.45, 2.75) is 0 Å². The molecule has 0 unspecified atom stereocenters. The number of hydrogen-bond acceptors (Lipinski definition) is 1. The Morgan fingerprint density at radius 1 is 0.720 bits per heavy atom. The number of halogens is 1. The van der Waals surface area contributed by atoms with Gasteiger partial charge in [0.2, 0.25) is 0 Å². The van der Waals surface area contributed by atoms with Crippen molar-refractivity contribution in [3.05, 3.63) is 101 Å². The fraction of sp³-hybridized carbons (Fsp3) is 0. The van der Waals surface area contributed by atoms with Crippen molar-refractivity contribution in [2.75, 3.05) is 0 Å². The molecular weight excluding hydrogens is 326 g/mol. The van der Waals surface area contributed by atoms with Crippen LogP contribution in [-0.2, 0) is 0 Å². The lowest BCUT2D eigenvalue weighted by Crippen LogP contribution is -1.87. The molecule has 4 aromatic rings. The SMILES string of the molecule is Clc1ccc(/C=C2\c3ccccc3-c3nc4ccccc4cc32)cc1. The second-order valence-electron chi connectivity index (χ2n) is 6.23. The summed E-state index contributed by atoms with van der Waals surface area (Å²) < 4.78 is 0. The minimum atomic E-state index is 0.752. The van der Waals surface area contributed by atoms with E-state index in [9.17, 15) is 0 Å². The van der Waals surface area contributed by atoms with Crippen molar-refractivity contribution in [1.29, 1.82) is 0 Å². The Morgan fingerprint density at radius 2 is 1.44 bits per heavy atom. The van der Waals surface area contributed by atoms with Crippen LogP contribution in [0.1, 0.15) is 16.7 Å². The molecule has 3 aromatic carbocycles. The third-order valence-electron chi connectivity index (χ3n) is 4.67. The smallest absolute Gasteiger partial charge is 0.0794 e. The first kappa shape index (κ1) is 14.4. The van der Waals surface area contributed by atoms with Gasteiger partial charge in [-0.25, -0.2) is 4.98 Å². The van der Waals surface area contributed by atoms with Gasteiger partial charge in [0.05, 0.1) is 11.2 Å². The Bertz CT molecular complexity index is 1140. The molecule has 0 fully saturated rings. The highest BCUT2D eigenvalue weighted by Gasteiger charge is 2.24. The van der Waals surface area contributed by atoms with E-state index in [1.165, 1.54) is 22.3 Å². The van der Waals surface area contributed by atoms with Gasteiger partial charge in [0.25, 0.3) is 0 Å². The highest BCUT2D eigenvalue weighted by Crippen LogP contribution is 2.44. The normalized spacial score (nSPS) is 13.9. The average molecular weight is 340 g/mol. The van der Waals surface area contributed by atoms with Crippen LogP contribution in [0, 0.1) is 0 Å². The van der Waals surface area contributed by atoms with E-state index in [2.05, 4.69) is 54.6 Å². The van der Waals surface area contributed by atoms with Crippen molar-refractivity contribution in [3.8, 4) is 11.3 Å². The van der Waals surface area contributed by atoms with Crippen LogP contribution in [0.15, 0.2) is 78.9 Å². The number of pyridine rings is 1. The fourth-order valence-electron chi connectivity index (χ4n) is 3.48. The standard InChI is InChI=1S/C23H14ClN/c24-17-11-9-15(10-12-17)13-20-18-6-2-3-7-19(18)23-21(20)14-16-5-1-4-8-22(16)25-23/h1-14H/b20-13+. The van der Waals surface area contributed by atoms with E-state index in [4.69, 9.17) is 16.6 Å². The summed E-state index contributed by atoms with van der Waals surface area (Å²) in [6.45, 7) is 0. The molecule has 0 bridgehead atoms. The third kappa shape index (κ3) is 2.36. The summed E-state index contributed by atoms with van der Waals surface area (Å²) in [4.78, 5) is 4.94. The Morgan fingerprint density at radius 3 is 2.28 bits per heavy atom. The maximum absolute atomic E-state index is 6.03. The molecule has 1 aliphatic carbocycles. The lowest BCUT2D eigenvalue weighted by Gasteiger charge is -2.05. The zero-order chi connectivity index (χ0) is 16.8. The summed E-state index contributed by atoms with van der Waals surface area (Å²) in [6.07, 6.45) is 2.22. The highest BCUT2D eigenvalue weighted by molar-refractivity contribution is 6.30. The first-order chi connectivity index (χ1) is 12.3. The van der Waals surface area contributed by atoms with E-state index < -0.39 is 0 Å². The van der Waals surface area contributed by atoms with Crippen LogP contribution in [0.2, 0.25) is 5.02 Å². The predicted octanol–water partition coefficient (Wildman–Crippen LogP) is 6.46. The number of hydrogen-bond donors (Lipinski definition) is 0. The Hall–Kier alpha value is -2.90. The minimum Gasteiger partial charge on any atom is -0.247 e. The van der Waals surface area contributed by atoms with E-state index in [0.717, 1.165) is 27.2 Å². The van der Waals surface area contributed by atoms with Gasteiger partial charge >= 0.3 is 0 Å². The molecular formula is C23H14ClN. The van der Waals surface area contributed by atoms with Gasteiger partial charge in [-0.1, -0.05) is 66.2 Å². The summed E-state index contributed by atoms with van der Waals surface area (Å²) in [5, 5.41) is 1.91. The molecule has 0 spiro atoms. The maximum Gasteiger partial charge on any atom is 0.0794 e. The van der Waals surface area contributed by atoms with Crippen molar-refractivity contribution in [1.82, 2.24) is 4.98 Å². The summed E-state index contributed by atoms with van der Waals surface area (Å²) >= 11 is 6.03. The molecule has 1 aromatic heterocycles. The largest absolute Gasteiger partial charge is 0.247 e. The Balaban J connectivity index is 1.80. The Labute approximate surface area is 151 Å². The molecule has 1 aliphatic rings. The molecule has 118 valence electrons. The van der Waals surface area contributed by atoms with Crippen LogP contribution < -0.4 is 0 Å². The Kier molecular flexibility index (Phi) is 3.22. The van der Waals surface area contributed by atoms with Crippen LogP contribution in [0.5, 0.6) is 0 Å². The van der Waals surface area contributed by atoms with Gasteiger partial charge in [-0.3, -0.25) is 0 Å². The molecule has 0 N–H and O–H groups in total. The van der Waals surface area contributed by atoms with Crippen molar-refractivity contribution in [3.63, 3.8) is 0 Å². The highest BCUT2D eigenvalue weighted by atomic mass is 35.5.